The predicted octanol–water partition coefficient (Wildman–Crippen LogP) is 5.12. The van der Waals surface area contributed by atoms with Gasteiger partial charge in [0.15, 0.2) is 22.9 Å². The monoisotopic (exact) mass is 571 g/mol. The highest BCUT2D eigenvalue weighted by Crippen LogP contribution is 2.26. The molecule has 0 aliphatic heterocycles. The minimum Gasteiger partial charge on any atom is -0.504 e. The van der Waals surface area contributed by atoms with Crippen molar-refractivity contribution < 1.29 is 39.2 Å². The van der Waals surface area contributed by atoms with Crippen LogP contribution in [0.5, 0.6) is 17.2 Å². The molecule has 40 heavy (non-hydrogen) atoms. The molecule has 0 aromatic heterocycles. The molecule has 1 atom stereocenters. The number of hydrogen-bond acceptors (Lipinski definition) is 8. The highest BCUT2D eigenvalue weighted by Gasteiger charge is 2.32. The zero-order valence-corrected chi connectivity index (χ0v) is 23.7. The third-order valence-electron chi connectivity index (χ3n) is 5.53. The maximum Gasteiger partial charge on any atom is 0.350 e. The van der Waals surface area contributed by atoms with E-state index in [-0.39, 0.29) is 29.8 Å². The highest BCUT2D eigenvalue weighted by molar-refractivity contribution is 6.30. The van der Waals surface area contributed by atoms with E-state index in [0.29, 0.717) is 27.5 Å². The lowest BCUT2D eigenvalue weighted by molar-refractivity contribution is -0.163. The maximum absolute atomic E-state index is 12.4. The smallest absolute Gasteiger partial charge is 0.350 e. The molecule has 0 amide bonds. The Labute approximate surface area is 238 Å². The average Bonchev–Trinajstić information content (AvgIpc) is 2.86. The zero-order valence-electron chi connectivity index (χ0n) is 23.0. The first-order valence-electron chi connectivity index (χ1n) is 12.4. The fourth-order valence-electron chi connectivity index (χ4n) is 3.31. The molecule has 0 saturated heterocycles. The molecule has 214 valence electrons. The molecule has 0 saturated carbocycles. The largest absolute Gasteiger partial charge is 0.504 e. The number of carboxylic acid groups (broad SMARTS) is 1. The van der Waals surface area contributed by atoms with Crippen molar-refractivity contribution in [3.05, 3.63) is 88.4 Å². The summed E-state index contributed by atoms with van der Waals surface area (Å²) >= 11 is 5.84. The number of ether oxygens (including phenoxy) is 2. The number of esters is 1. The van der Waals surface area contributed by atoms with E-state index in [1.165, 1.54) is 25.1 Å². The van der Waals surface area contributed by atoms with E-state index in [9.17, 15) is 19.5 Å². The first kappa shape index (κ1) is 32.1. The number of halogens is 1. The van der Waals surface area contributed by atoms with Gasteiger partial charge in [-0.05, 0) is 101 Å². The molecule has 0 heterocycles. The van der Waals surface area contributed by atoms with Crippen LogP contribution in [-0.2, 0) is 20.7 Å². The Bertz CT molecular complexity index is 1330. The second-order valence-electron chi connectivity index (χ2n) is 10.1. The molecule has 1 unspecified atom stereocenters. The molecule has 10 heteroatoms. The Hall–Kier alpha value is -4.08. The van der Waals surface area contributed by atoms with Crippen LogP contribution in [0.2, 0.25) is 5.02 Å². The van der Waals surface area contributed by atoms with Crippen molar-refractivity contribution in [3.8, 4) is 17.2 Å². The lowest BCUT2D eigenvalue weighted by atomic mass is 9.94. The zero-order chi connectivity index (χ0) is 30.3. The summed E-state index contributed by atoms with van der Waals surface area (Å²) in [6.07, 6.45) is -0.134. The topological polar surface area (TPSA) is 156 Å². The summed E-state index contributed by atoms with van der Waals surface area (Å²) in [4.78, 5) is 35.2. The minimum atomic E-state index is -1.39. The molecule has 0 aliphatic carbocycles. The summed E-state index contributed by atoms with van der Waals surface area (Å²) in [5.74, 6) is -1.71. The number of carbonyl (C=O) groups is 3. The summed E-state index contributed by atoms with van der Waals surface area (Å²) < 4.78 is 10.9. The molecule has 5 N–H and O–H groups in total. The fraction of sp³-hybridized carbons (Fsp3) is 0.300. The van der Waals surface area contributed by atoms with Gasteiger partial charge in [0.2, 0.25) is 0 Å². The second-order valence-corrected chi connectivity index (χ2v) is 10.6. The van der Waals surface area contributed by atoms with Gasteiger partial charge in [-0.1, -0.05) is 17.7 Å². The Morgan fingerprint density at radius 1 is 0.875 bits per heavy atom. The second kappa shape index (κ2) is 13.3. The standard InChI is InChI=1S/C20H21ClO4.C10H13NO4/c1-13(2)24-19(23)20(3,4)25-17-11-7-15(8-12-17)18(22)14-5-9-16(21)10-6-14;1-10(11,9(14)15)5-6-2-3-7(12)8(13)4-6/h5-13H,1-4H3;2-4,12-13H,5,11H2,1H3,(H,14,15). The number of phenols is 2. The Kier molecular flexibility index (Phi) is 10.7. The van der Waals surface area contributed by atoms with Crippen LogP contribution in [0, 0.1) is 0 Å². The first-order chi connectivity index (χ1) is 18.5. The van der Waals surface area contributed by atoms with E-state index in [4.69, 9.17) is 37.0 Å². The van der Waals surface area contributed by atoms with Crippen LogP contribution in [0.4, 0.5) is 0 Å². The van der Waals surface area contributed by atoms with Crippen LogP contribution in [-0.4, -0.2) is 50.3 Å². The van der Waals surface area contributed by atoms with Gasteiger partial charge >= 0.3 is 11.9 Å². The van der Waals surface area contributed by atoms with E-state index < -0.39 is 23.1 Å². The SMILES string of the molecule is CC(C)OC(=O)C(C)(C)Oc1ccc(C(=O)c2ccc(Cl)cc2)cc1.CC(N)(Cc1ccc(O)c(O)c1)C(=O)O. The summed E-state index contributed by atoms with van der Waals surface area (Å²) in [6.45, 7) is 8.24. The molecule has 9 nitrogen and oxygen atoms in total. The van der Waals surface area contributed by atoms with Gasteiger partial charge in [0, 0.05) is 22.6 Å². The molecule has 0 spiro atoms. The summed E-state index contributed by atoms with van der Waals surface area (Å²) in [6, 6.07) is 17.5. The van der Waals surface area contributed by atoms with Gasteiger partial charge in [0.1, 0.15) is 11.3 Å². The lowest BCUT2D eigenvalue weighted by Gasteiger charge is -2.25. The number of nitrogens with two attached hydrogens (primary N) is 1. The van der Waals surface area contributed by atoms with Crippen molar-refractivity contribution in [1.82, 2.24) is 0 Å². The van der Waals surface area contributed by atoms with Gasteiger partial charge in [0.05, 0.1) is 6.10 Å². The molecule has 3 aromatic carbocycles. The van der Waals surface area contributed by atoms with Crippen molar-refractivity contribution in [1.29, 1.82) is 0 Å². The number of carbonyl (C=O) groups excluding carboxylic acids is 2. The normalized spacial score (nSPS) is 12.5. The Morgan fingerprint density at radius 2 is 1.40 bits per heavy atom. The Morgan fingerprint density at radius 3 is 1.88 bits per heavy atom. The fourth-order valence-corrected chi connectivity index (χ4v) is 3.44. The number of hydrogen-bond donors (Lipinski definition) is 4. The van der Waals surface area contributed by atoms with E-state index in [0.717, 1.165) is 0 Å². The number of phenolic OH excluding ortho intramolecular Hbond substituents is 2. The van der Waals surface area contributed by atoms with Crippen LogP contribution in [0.15, 0.2) is 66.7 Å². The molecule has 0 fully saturated rings. The molecule has 0 aliphatic rings. The molecule has 3 rings (SSSR count). The van der Waals surface area contributed by atoms with Crippen molar-refractivity contribution in [3.63, 3.8) is 0 Å². The molecular weight excluding hydrogens is 538 g/mol. The van der Waals surface area contributed by atoms with Gasteiger partial charge < -0.3 is 30.5 Å². The quantitative estimate of drug-likeness (QED) is 0.155. The van der Waals surface area contributed by atoms with Gasteiger partial charge in [-0.25, -0.2) is 4.79 Å². The third kappa shape index (κ3) is 9.29. The van der Waals surface area contributed by atoms with Gasteiger partial charge in [-0.3, -0.25) is 9.59 Å². The molecule has 0 bridgehead atoms. The number of aromatic hydroxyl groups is 2. The van der Waals surface area contributed by atoms with Crippen LogP contribution < -0.4 is 10.5 Å². The van der Waals surface area contributed by atoms with E-state index in [1.54, 1.807) is 76.2 Å². The van der Waals surface area contributed by atoms with Gasteiger partial charge in [-0.2, -0.15) is 0 Å². The number of ketones is 1. The summed E-state index contributed by atoms with van der Waals surface area (Å²) in [5.41, 5.74) is 4.66. The van der Waals surface area contributed by atoms with Crippen LogP contribution in [0.25, 0.3) is 0 Å². The lowest BCUT2D eigenvalue weighted by Crippen LogP contribution is -2.46. The Balaban J connectivity index is 0.000000319. The van der Waals surface area contributed by atoms with E-state index in [2.05, 4.69) is 0 Å². The van der Waals surface area contributed by atoms with E-state index in [1.807, 2.05) is 0 Å². The van der Waals surface area contributed by atoms with Crippen molar-refractivity contribution in [2.24, 2.45) is 5.73 Å². The summed E-state index contributed by atoms with van der Waals surface area (Å²) in [5, 5.41) is 27.6. The summed E-state index contributed by atoms with van der Waals surface area (Å²) in [7, 11) is 0. The molecule has 3 aromatic rings. The first-order valence-corrected chi connectivity index (χ1v) is 12.7. The molecule has 0 radical (unpaired) electrons. The number of benzene rings is 3. The van der Waals surface area contributed by atoms with E-state index >= 15 is 0 Å². The number of carboxylic acids is 1. The minimum absolute atomic E-state index is 0.0795. The third-order valence-corrected chi connectivity index (χ3v) is 5.78. The van der Waals surface area contributed by atoms with Crippen LogP contribution >= 0.6 is 11.6 Å². The van der Waals surface area contributed by atoms with Crippen molar-refractivity contribution >= 4 is 29.3 Å². The van der Waals surface area contributed by atoms with Crippen LogP contribution in [0.3, 0.4) is 0 Å². The van der Waals surface area contributed by atoms with Crippen molar-refractivity contribution in [2.45, 2.75) is 58.3 Å². The van der Waals surface area contributed by atoms with Crippen molar-refractivity contribution in [2.75, 3.05) is 0 Å². The highest BCUT2D eigenvalue weighted by atomic mass is 35.5. The van der Waals surface area contributed by atoms with Crippen LogP contribution in [0.1, 0.15) is 56.1 Å². The van der Waals surface area contributed by atoms with Gasteiger partial charge in [-0.15, -0.1) is 0 Å². The average molecular weight is 572 g/mol. The number of rotatable bonds is 9. The predicted molar refractivity (Wildman–Crippen MR) is 151 cm³/mol. The molecular formula is C30H34ClNO8. The van der Waals surface area contributed by atoms with Gasteiger partial charge in [0.25, 0.3) is 0 Å². The maximum atomic E-state index is 12.4. The number of aliphatic carboxylic acids is 1.